The fraction of sp³-hybridized carbons (Fsp3) is 0.316. The predicted molar refractivity (Wildman–Crippen MR) is 86.5 cm³/mol. The van der Waals surface area contributed by atoms with Crippen molar-refractivity contribution < 1.29 is 14.3 Å². The van der Waals surface area contributed by atoms with E-state index in [1.807, 2.05) is 74.5 Å². The van der Waals surface area contributed by atoms with Gasteiger partial charge in [-0.2, -0.15) is 0 Å². The third-order valence-electron chi connectivity index (χ3n) is 3.56. The van der Waals surface area contributed by atoms with Crippen LogP contribution in [0.2, 0.25) is 0 Å². The molecule has 116 valence electrons. The van der Waals surface area contributed by atoms with Gasteiger partial charge in [0.1, 0.15) is 12.2 Å². The van der Waals surface area contributed by atoms with Crippen molar-refractivity contribution in [3.05, 3.63) is 71.8 Å². The first-order valence-electron chi connectivity index (χ1n) is 7.71. The second kappa shape index (κ2) is 8.23. The lowest BCUT2D eigenvalue weighted by Crippen LogP contribution is -2.15. The molecule has 3 nitrogen and oxygen atoms in total. The Hall–Kier alpha value is -2.29. The highest BCUT2D eigenvalue weighted by Gasteiger charge is 2.20. The summed E-state index contributed by atoms with van der Waals surface area (Å²) in [5.74, 6) is 0. The molecule has 22 heavy (non-hydrogen) atoms. The average Bonchev–Trinajstić information content (AvgIpc) is 2.59. The van der Waals surface area contributed by atoms with Gasteiger partial charge in [0.05, 0.1) is 0 Å². The topological polar surface area (TPSA) is 35.5 Å². The number of hydrogen-bond acceptors (Lipinski definition) is 3. The number of hydrogen-bond donors (Lipinski definition) is 0. The number of carbonyl (C=O) groups is 1. The number of ether oxygens (including phenoxy) is 2. The smallest absolute Gasteiger partial charge is 0.426 e. The standard InChI is InChI=1S/C19H22O3/c1-3-17(15-11-7-5-8-12-15)21-19(20)22-18(4-2)16-13-9-6-10-14-16/h5-14,17-18H,3-4H2,1-2H3. The Labute approximate surface area is 131 Å². The van der Waals surface area contributed by atoms with Crippen molar-refractivity contribution in [2.24, 2.45) is 0 Å². The molecule has 0 spiro atoms. The van der Waals surface area contributed by atoms with Gasteiger partial charge in [0.2, 0.25) is 0 Å². The van der Waals surface area contributed by atoms with E-state index in [1.54, 1.807) is 0 Å². The van der Waals surface area contributed by atoms with Crippen LogP contribution in [0.4, 0.5) is 4.79 Å². The van der Waals surface area contributed by atoms with Crippen LogP contribution in [0.15, 0.2) is 60.7 Å². The minimum Gasteiger partial charge on any atom is -0.426 e. The largest absolute Gasteiger partial charge is 0.509 e. The zero-order valence-corrected chi connectivity index (χ0v) is 13.1. The zero-order valence-electron chi connectivity index (χ0n) is 13.1. The van der Waals surface area contributed by atoms with Gasteiger partial charge in [-0.25, -0.2) is 4.79 Å². The highest BCUT2D eigenvalue weighted by Crippen LogP contribution is 2.25. The number of benzene rings is 2. The van der Waals surface area contributed by atoms with Crippen molar-refractivity contribution in [3.8, 4) is 0 Å². The van der Waals surface area contributed by atoms with E-state index in [9.17, 15) is 4.79 Å². The summed E-state index contributed by atoms with van der Waals surface area (Å²) in [6.07, 6.45) is 0.248. The Kier molecular flexibility index (Phi) is 6.01. The predicted octanol–water partition coefficient (Wildman–Crippen LogP) is 5.44. The van der Waals surface area contributed by atoms with Crippen LogP contribution in [0.25, 0.3) is 0 Å². The van der Waals surface area contributed by atoms with E-state index in [4.69, 9.17) is 9.47 Å². The van der Waals surface area contributed by atoms with Gasteiger partial charge in [-0.3, -0.25) is 0 Å². The number of carbonyl (C=O) groups excluding carboxylic acids is 1. The van der Waals surface area contributed by atoms with Gasteiger partial charge < -0.3 is 9.47 Å². The third kappa shape index (κ3) is 4.35. The highest BCUT2D eigenvalue weighted by molar-refractivity contribution is 5.61. The Morgan fingerprint density at radius 2 is 1.14 bits per heavy atom. The molecule has 3 heteroatoms. The molecule has 0 aliphatic rings. The Morgan fingerprint density at radius 3 is 1.45 bits per heavy atom. The van der Waals surface area contributed by atoms with Gasteiger partial charge in [0.25, 0.3) is 0 Å². The summed E-state index contributed by atoms with van der Waals surface area (Å²) in [7, 11) is 0. The quantitative estimate of drug-likeness (QED) is 0.666. The molecule has 0 aliphatic carbocycles. The van der Waals surface area contributed by atoms with Crippen molar-refractivity contribution in [2.45, 2.75) is 38.9 Å². The molecule has 2 rings (SSSR count). The molecule has 0 aliphatic heterocycles. The van der Waals surface area contributed by atoms with E-state index >= 15 is 0 Å². The van der Waals surface area contributed by atoms with Crippen molar-refractivity contribution >= 4 is 6.16 Å². The fourth-order valence-corrected chi connectivity index (χ4v) is 2.37. The maximum atomic E-state index is 12.1. The van der Waals surface area contributed by atoms with Crippen molar-refractivity contribution in [3.63, 3.8) is 0 Å². The summed E-state index contributed by atoms with van der Waals surface area (Å²) in [4.78, 5) is 12.1. The van der Waals surface area contributed by atoms with Crippen LogP contribution < -0.4 is 0 Å². The van der Waals surface area contributed by atoms with E-state index in [2.05, 4.69) is 0 Å². The summed E-state index contributed by atoms with van der Waals surface area (Å²) >= 11 is 0. The SMILES string of the molecule is CCC(OC(=O)OC(CC)c1ccccc1)c1ccccc1. The maximum Gasteiger partial charge on any atom is 0.509 e. The molecule has 2 unspecified atom stereocenters. The molecule has 0 aromatic heterocycles. The average molecular weight is 298 g/mol. The lowest BCUT2D eigenvalue weighted by molar-refractivity contribution is -0.00517. The molecule has 2 aromatic carbocycles. The Balaban J connectivity index is 1.99. The van der Waals surface area contributed by atoms with Crippen LogP contribution in [0.5, 0.6) is 0 Å². The van der Waals surface area contributed by atoms with Gasteiger partial charge in [0.15, 0.2) is 0 Å². The Bertz CT molecular complexity index is 514. The molecular weight excluding hydrogens is 276 g/mol. The van der Waals surface area contributed by atoms with Crippen LogP contribution in [-0.2, 0) is 9.47 Å². The molecule has 0 radical (unpaired) electrons. The normalized spacial score (nSPS) is 13.2. The zero-order chi connectivity index (χ0) is 15.8. The first-order valence-corrected chi connectivity index (χ1v) is 7.71. The van der Waals surface area contributed by atoms with Crippen LogP contribution in [0.1, 0.15) is 50.0 Å². The molecule has 0 saturated heterocycles. The van der Waals surface area contributed by atoms with Gasteiger partial charge in [-0.1, -0.05) is 74.5 Å². The van der Waals surface area contributed by atoms with Gasteiger partial charge in [0, 0.05) is 0 Å². The van der Waals surface area contributed by atoms with Crippen molar-refractivity contribution in [1.29, 1.82) is 0 Å². The first-order chi connectivity index (χ1) is 10.7. The van der Waals surface area contributed by atoms with Gasteiger partial charge >= 0.3 is 6.16 Å². The monoisotopic (exact) mass is 298 g/mol. The van der Waals surface area contributed by atoms with Crippen LogP contribution >= 0.6 is 0 Å². The minimum absolute atomic E-state index is 0.276. The van der Waals surface area contributed by atoms with Crippen molar-refractivity contribution in [2.75, 3.05) is 0 Å². The lowest BCUT2D eigenvalue weighted by atomic mass is 10.1. The number of rotatable bonds is 6. The summed E-state index contributed by atoms with van der Waals surface area (Å²) < 4.78 is 11.0. The molecule has 0 saturated carbocycles. The second-order valence-electron chi connectivity index (χ2n) is 5.10. The summed E-state index contributed by atoms with van der Waals surface area (Å²) in [5.41, 5.74) is 1.96. The van der Waals surface area contributed by atoms with E-state index in [0.717, 1.165) is 11.1 Å². The third-order valence-corrected chi connectivity index (χ3v) is 3.56. The summed E-state index contributed by atoms with van der Waals surface area (Å²) in [6, 6.07) is 19.4. The molecule has 0 amide bonds. The Morgan fingerprint density at radius 1 is 0.773 bits per heavy atom. The first kappa shape index (κ1) is 16.1. The molecule has 0 bridgehead atoms. The fourth-order valence-electron chi connectivity index (χ4n) is 2.37. The van der Waals surface area contributed by atoms with Crippen LogP contribution in [0, 0.1) is 0 Å². The van der Waals surface area contributed by atoms with Crippen LogP contribution in [-0.4, -0.2) is 6.16 Å². The molecule has 0 fully saturated rings. The highest BCUT2D eigenvalue weighted by atomic mass is 16.7. The van der Waals surface area contributed by atoms with E-state index in [0.29, 0.717) is 12.8 Å². The van der Waals surface area contributed by atoms with Crippen LogP contribution in [0.3, 0.4) is 0 Å². The molecule has 0 N–H and O–H groups in total. The van der Waals surface area contributed by atoms with E-state index in [1.165, 1.54) is 0 Å². The van der Waals surface area contributed by atoms with E-state index < -0.39 is 6.16 Å². The molecule has 2 aromatic rings. The second-order valence-corrected chi connectivity index (χ2v) is 5.10. The van der Waals surface area contributed by atoms with E-state index in [-0.39, 0.29) is 12.2 Å². The minimum atomic E-state index is -0.619. The molecule has 0 heterocycles. The molecule has 2 atom stereocenters. The van der Waals surface area contributed by atoms with Gasteiger partial charge in [-0.15, -0.1) is 0 Å². The molecular formula is C19H22O3. The maximum absolute atomic E-state index is 12.1. The lowest BCUT2D eigenvalue weighted by Gasteiger charge is -2.20. The summed E-state index contributed by atoms with van der Waals surface area (Å²) in [5, 5.41) is 0. The van der Waals surface area contributed by atoms with Gasteiger partial charge in [-0.05, 0) is 24.0 Å². The summed E-state index contributed by atoms with van der Waals surface area (Å²) in [6.45, 7) is 3.97. The van der Waals surface area contributed by atoms with Crippen molar-refractivity contribution in [1.82, 2.24) is 0 Å².